The third kappa shape index (κ3) is 3.71. The molecule has 0 radical (unpaired) electrons. The zero-order valence-corrected chi connectivity index (χ0v) is 17.9. The summed E-state index contributed by atoms with van der Waals surface area (Å²) < 4.78 is 26.2. The molecule has 2 unspecified atom stereocenters. The van der Waals surface area contributed by atoms with Crippen molar-refractivity contribution in [3.63, 3.8) is 0 Å². The van der Waals surface area contributed by atoms with Gasteiger partial charge in [0.15, 0.2) is 0 Å². The number of carbonyl (C=O) groups is 1. The normalized spacial score (nSPS) is 19.4. The molecule has 0 aromatic heterocycles. The first-order valence-corrected chi connectivity index (χ1v) is 11.2. The van der Waals surface area contributed by atoms with Crippen molar-refractivity contribution in [3.05, 3.63) is 45.3 Å². The first kappa shape index (κ1) is 18.7. The fraction of sp³-hybridized carbons (Fsp3) is 0.278. The van der Waals surface area contributed by atoms with Crippen LogP contribution in [0.25, 0.3) is 11.1 Å². The zero-order chi connectivity index (χ0) is 18.2. The van der Waals surface area contributed by atoms with E-state index in [0.29, 0.717) is 11.1 Å². The van der Waals surface area contributed by atoms with Crippen LogP contribution in [0, 0.1) is 5.92 Å². The van der Waals surface area contributed by atoms with Gasteiger partial charge in [-0.1, -0.05) is 41.1 Å². The monoisotopic (exact) mass is 486 g/mol. The van der Waals surface area contributed by atoms with E-state index in [0.717, 1.165) is 20.1 Å². The van der Waals surface area contributed by atoms with Gasteiger partial charge in [0.05, 0.1) is 16.9 Å². The van der Waals surface area contributed by atoms with Crippen LogP contribution in [-0.4, -0.2) is 19.2 Å². The summed E-state index contributed by atoms with van der Waals surface area (Å²) in [5.74, 6) is 0.146. The van der Waals surface area contributed by atoms with Crippen LogP contribution in [0.4, 0.5) is 0 Å². The Labute approximate surface area is 163 Å². The maximum absolute atomic E-state index is 13.7. The molecule has 3 rings (SSSR count). The summed E-state index contributed by atoms with van der Waals surface area (Å²) in [7, 11) is -1.80. The second kappa shape index (κ2) is 7.26. The van der Waals surface area contributed by atoms with Crippen LogP contribution in [0.15, 0.2) is 45.3 Å². The Balaban J connectivity index is 2.05. The quantitative estimate of drug-likeness (QED) is 0.429. The molecular formula is C18H17Br2O4P. The third-order valence-corrected chi connectivity index (χ3v) is 7.86. The molecule has 0 bridgehead atoms. The van der Waals surface area contributed by atoms with Gasteiger partial charge in [0.25, 0.3) is 7.37 Å². The molecule has 1 aliphatic heterocycles. The molecule has 7 heteroatoms. The van der Waals surface area contributed by atoms with E-state index in [1.807, 2.05) is 43.3 Å². The summed E-state index contributed by atoms with van der Waals surface area (Å²) in [6.45, 7) is 1.88. The van der Waals surface area contributed by atoms with E-state index >= 15 is 0 Å². The van der Waals surface area contributed by atoms with E-state index in [4.69, 9.17) is 9.26 Å². The van der Waals surface area contributed by atoms with Gasteiger partial charge in [-0.05, 0) is 45.6 Å². The zero-order valence-electron chi connectivity index (χ0n) is 13.8. The van der Waals surface area contributed by atoms with Crippen molar-refractivity contribution in [2.75, 3.05) is 13.3 Å². The summed E-state index contributed by atoms with van der Waals surface area (Å²) in [4.78, 5) is 11.5. The number of fused-ring (bicyclic) bond motifs is 3. The number of halogens is 2. The van der Waals surface area contributed by atoms with Crippen molar-refractivity contribution in [2.45, 2.75) is 13.3 Å². The Morgan fingerprint density at radius 1 is 1.24 bits per heavy atom. The van der Waals surface area contributed by atoms with Crippen molar-refractivity contribution >= 4 is 50.5 Å². The Morgan fingerprint density at radius 2 is 1.96 bits per heavy atom. The molecule has 132 valence electrons. The summed E-state index contributed by atoms with van der Waals surface area (Å²) in [5, 5.41) is 0.698. The molecular weight excluding hydrogens is 471 g/mol. The van der Waals surface area contributed by atoms with Crippen molar-refractivity contribution in [2.24, 2.45) is 5.92 Å². The second-order valence-electron chi connectivity index (χ2n) is 6.11. The van der Waals surface area contributed by atoms with Gasteiger partial charge in [-0.15, -0.1) is 0 Å². The van der Waals surface area contributed by atoms with Crippen LogP contribution in [0.1, 0.15) is 13.3 Å². The van der Waals surface area contributed by atoms with E-state index in [1.54, 1.807) is 0 Å². The number of carbonyl (C=O) groups excluding carboxylic acids is 1. The van der Waals surface area contributed by atoms with Gasteiger partial charge >= 0.3 is 5.97 Å². The number of hydrogen-bond donors (Lipinski definition) is 0. The molecule has 2 atom stereocenters. The summed E-state index contributed by atoms with van der Waals surface area (Å²) in [6, 6.07) is 11.4. The fourth-order valence-electron chi connectivity index (χ4n) is 3.03. The molecule has 0 spiro atoms. The molecule has 0 amide bonds. The molecule has 0 saturated carbocycles. The smallest absolute Gasteiger partial charge is 0.305 e. The Morgan fingerprint density at radius 3 is 2.68 bits per heavy atom. The highest BCUT2D eigenvalue weighted by Gasteiger charge is 2.38. The topological polar surface area (TPSA) is 52.6 Å². The number of hydrogen-bond acceptors (Lipinski definition) is 4. The van der Waals surface area contributed by atoms with Gasteiger partial charge in [0.1, 0.15) is 5.75 Å². The summed E-state index contributed by atoms with van der Waals surface area (Å²) in [5.41, 5.74) is 1.79. The minimum absolute atomic E-state index is 0.123. The lowest BCUT2D eigenvalue weighted by molar-refractivity contribution is -0.141. The van der Waals surface area contributed by atoms with E-state index < -0.39 is 7.37 Å². The molecule has 2 aromatic carbocycles. The fourth-order valence-corrected chi connectivity index (χ4v) is 7.14. The Bertz CT molecular complexity index is 881. The van der Waals surface area contributed by atoms with Crippen LogP contribution >= 0.6 is 39.2 Å². The molecule has 4 nitrogen and oxygen atoms in total. The second-order valence-corrected chi connectivity index (χ2v) is 10.3. The SMILES string of the molecule is COC(=O)CC(C)CP1(=O)Oc2c(Br)cc(Br)cc2-c2ccccc21. The van der Waals surface area contributed by atoms with Gasteiger partial charge in [0.2, 0.25) is 0 Å². The highest BCUT2D eigenvalue weighted by Crippen LogP contribution is 2.57. The van der Waals surface area contributed by atoms with Crippen LogP contribution in [0.3, 0.4) is 0 Å². The number of methoxy groups -OCH3 is 1. The van der Waals surface area contributed by atoms with E-state index in [2.05, 4.69) is 31.9 Å². The number of esters is 1. The Hall–Kier alpha value is -1.10. The maximum Gasteiger partial charge on any atom is 0.305 e. The largest absolute Gasteiger partial charge is 0.469 e. The molecule has 0 saturated heterocycles. The Kier molecular flexibility index (Phi) is 5.42. The average molecular weight is 488 g/mol. The summed E-state index contributed by atoms with van der Waals surface area (Å²) in [6.07, 6.45) is 0.488. The van der Waals surface area contributed by atoms with Gasteiger partial charge in [0, 0.05) is 22.6 Å². The minimum atomic E-state index is -3.15. The van der Waals surface area contributed by atoms with Crippen LogP contribution in [0.2, 0.25) is 0 Å². The highest BCUT2D eigenvalue weighted by molar-refractivity contribution is 9.11. The van der Waals surface area contributed by atoms with E-state index in [-0.39, 0.29) is 24.5 Å². The first-order chi connectivity index (χ1) is 11.8. The van der Waals surface area contributed by atoms with Gasteiger partial charge in [-0.2, -0.15) is 0 Å². The van der Waals surface area contributed by atoms with Crippen LogP contribution in [0.5, 0.6) is 5.75 Å². The molecule has 1 heterocycles. The molecule has 25 heavy (non-hydrogen) atoms. The van der Waals surface area contributed by atoms with Gasteiger partial charge in [-0.3, -0.25) is 9.36 Å². The van der Waals surface area contributed by atoms with Crippen molar-refractivity contribution in [1.82, 2.24) is 0 Å². The lowest BCUT2D eigenvalue weighted by atomic mass is 10.0. The van der Waals surface area contributed by atoms with E-state index in [1.165, 1.54) is 7.11 Å². The summed E-state index contributed by atoms with van der Waals surface area (Å²) >= 11 is 6.99. The van der Waals surface area contributed by atoms with Gasteiger partial charge < -0.3 is 9.26 Å². The van der Waals surface area contributed by atoms with Crippen LogP contribution < -0.4 is 9.83 Å². The maximum atomic E-state index is 13.7. The third-order valence-electron chi connectivity index (χ3n) is 4.10. The molecule has 2 aromatic rings. The molecule has 0 N–H and O–H groups in total. The minimum Gasteiger partial charge on any atom is -0.469 e. The van der Waals surface area contributed by atoms with Crippen molar-refractivity contribution in [1.29, 1.82) is 0 Å². The van der Waals surface area contributed by atoms with Crippen LogP contribution in [-0.2, 0) is 14.1 Å². The number of ether oxygens (including phenoxy) is 1. The van der Waals surface area contributed by atoms with E-state index in [9.17, 15) is 9.36 Å². The number of benzene rings is 2. The molecule has 0 aliphatic carbocycles. The van der Waals surface area contributed by atoms with Crippen molar-refractivity contribution < 1.29 is 18.6 Å². The van der Waals surface area contributed by atoms with Crippen molar-refractivity contribution in [3.8, 4) is 16.9 Å². The number of rotatable bonds is 4. The lowest BCUT2D eigenvalue weighted by Crippen LogP contribution is -2.23. The highest BCUT2D eigenvalue weighted by atomic mass is 79.9. The standard InChI is InChI=1S/C18H17Br2O4P/c1-11(7-17(21)23-2)10-25(22)16-6-4-3-5-13(16)14-8-12(19)9-15(20)18(14)24-25/h3-6,8-9,11H,7,10H2,1-2H3. The predicted octanol–water partition coefficient (Wildman–Crippen LogP) is 5.37. The average Bonchev–Trinajstić information content (AvgIpc) is 2.56. The molecule has 1 aliphatic rings. The predicted molar refractivity (Wildman–Crippen MR) is 106 cm³/mol. The van der Waals surface area contributed by atoms with Gasteiger partial charge in [-0.25, -0.2) is 0 Å². The molecule has 0 fully saturated rings. The first-order valence-electron chi connectivity index (χ1n) is 7.78. The lowest BCUT2D eigenvalue weighted by Gasteiger charge is -2.31.